The zero-order valence-electron chi connectivity index (χ0n) is 18.6. The van der Waals surface area contributed by atoms with Crippen LogP contribution in [0, 0.1) is 0 Å². The number of thiocarbonyl (C=S) groups is 1. The Kier molecular flexibility index (Phi) is 5.90. The van der Waals surface area contributed by atoms with Crippen LogP contribution >= 0.6 is 12.2 Å². The molecule has 9 heteroatoms. The van der Waals surface area contributed by atoms with Crippen LogP contribution in [0.25, 0.3) is 22.7 Å². The summed E-state index contributed by atoms with van der Waals surface area (Å²) in [4.78, 5) is 30.9. The van der Waals surface area contributed by atoms with E-state index >= 15 is 0 Å². The van der Waals surface area contributed by atoms with Crippen molar-refractivity contribution in [1.82, 2.24) is 19.9 Å². The van der Waals surface area contributed by atoms with E-state index < -0.39 is 5.91 Å². The Labute approximate surface area is 205 Å². The van der Waals surface area contributed by atoms with Crippen LogP contribution in [-0.2, 0) is 4.79 Å². The largest absolute Gasteiger partial charge is 0.497 e. The summed E-state index contributed by atoms with van der Waals surface area (Å²) in [6, 6.07) is 23.5. The van der Waals surface area contributed by atoms with Crippen LogP contribution in [0.4, 0.5) is 0 Å². The second-order valence-electron chi connectivity index (χ2n) is 7.59. The highest BCUT2D eigenvalue weighted by Crippen LogP contribution is 2.18. The van der Waals surface area contributed by atoms with E-state index in [1.807, 2.05) is 36.4 Å². The van der Waals surface area contributed by atoms with Crippen molar-refractivity contribution in [3.8, 4) is 11.4 Å². The number of hydrogen-bond acceptors (Lipinski definition) is 6. The van der Waals surface area contributed by atoms with Gasteiger partial charge in [-0.25, -0.2) is 4.98 Å². The fourth-order valence-electron chi connectivity index (χ4n) is 3.67. The quantitative estimate of drug-likeness (QED) is 0.267. The van der Waals surface area contributed by atoms with Crippen LogP contribution < -0.4 is 15.6 Å². The summed E-state index contributed by atoms with van der Waals surface area (Å²) in [6.45, 7) is 0. The molecule has 5 rings (SSSR count). The number of amides is 1. The number of rotatable bonds is 5. The number of nitrogens with zero attached hydrogens (tertiary/aromatic N) is 4. The molecule has 8 nitrogen and oxygen atoms in total. The Morgan fingerprint density at radius 1 is 0.971 bits per heavy atom. The van der Waals surface area contributed by atoms with Gasteiger partial charge in [0, 0.05) is 0 Å². The first kappa shape index (κ1) is 22.2. The second kappa shape index (κ2) is 9.32. The van der Waals surface area contributed by atoms with E-state index in [0.29, 0.717) is 22.3 Å². The monoisotopic (exact) mass is 481 g/mol. The van der Waals surface area contributed by atoms with Gasteiger partial charge in [0.15, 0.2) is 5.82 Å². The van der Waals surface area contributed by atoms with E-state index in [4.69, 9.17) is 17.0 Å². The lowest BCUT2D eigenvalue weighted by molar-refractivity contribution is -0.122. The first-order chi connectivity index (χ1) is 17.0. The van der Waals surface area contributed by atoms with E-state index in [9.17, 15) is 9.59 Å². The molecule has 1 aromatic heterocycles. The lowest BCUT2D eigenvalue weighted by Gasteiger charge is -2.12. The first-order valence-electron chi connectivity index (χ1n) is 10.7. The third-order valence-corrected chi connectivity index (χ3v) is 5.66. The highest BCUT2D eigenvalue weighted by molar-refractivity contribution is 7.80. The molecular formula is C26H19N5O3S. The van der Waals surface area contributed by atoms with Crippen LogP contribution in [0.3, 0.4) is 0 Å². The highest BCUT2D eigenvalue weighted by atomic mass is 32.1. The molecule has 0 bridgehead atoms. The number of hydrazone groups is 1. The van der Waals surface area contributed by atoms with Gasteiger partial charge in [-0.3, -0.25) is 14.2 Å². The fourth-order valence-corrected chi connectivity index (χ4v) is 3.91. The van der Waals surface area contributed by atoms with E-state index in [2.05, 4.69) is 15.4 Å². The molecule has 0 radical (unpaired) electrons. The van der Waals surface area contributed by atoms with E-state index in [-0.39, 0.29) is 22.2 Å². The van der Waals surface area contributed by atoms with Gasteiger partial charge >= 0.3 is 0 Å². The van der Waals surface area contributed by atoms with Crippen LogP contribution in [0.5, 0.6) is 5.75 Å². The number of aromatic nitrogens is 2. The maximum absolute atomic E-state index is 13.3. The highest BCUT2D eigenvalue weighted by Gasteiger charge is 2.30. The van der Waals surface area contributed by atoms with Gasteiger partial charge in [-0.1, -0.05) is 42.5 Å². The van der Waals surface area contributed by atoms with Crippen molar-refractivity contribution in [2.75, 3.05) is 7.11 Å². The molecule has 35 heavy (non-hydrogen) atoms. The van der Waals surface area contributed by atoms with Gasteiger partial charge in [-0.2, -0.15) is 10.1 Å². The van der Waals surface area contributed by atoms with Crippen molar-refractivity contribution >= 4 is 46.4 Å². The second-order valence-corrected chi connectivity index (χ2v) is 7.97. The lowest BCUT2D eigenvalue weighted by Crippen LogP contribution is -2.27. The van der Waals surface area contributed by atoms with Crippen molar-refractivity contribution in [1.29, 1.82) is 0 Å². The van der Waals surface area contributed by atoms with Gasteiger partial charge in [0.1, 0.15) is 11.4 Å². The van der Waals surface area contributed by atoms with Crippen molar-refractivity contribution in [3.05, 3.63) is 106 Å². The predicted octanol–water partition coefficient (Wildman–Crippen LogP) is 3.49. The van der Waals surface area contributed by atoms with Crippen molar-refractivity contribution < 1.29 is 9.53 Å². The number of fused-ring (bicyclic) bond motifs is 1. The van der Waals surface area contributed by atoms with Crippen LogP contribution in [-0.4, -0.2) is 38.9 Å². The Hall–Kier alpha value is -4.63. The molecule has 1 aliphatic rings. The van der Waals surface area contributed by atoms with Crippen molar-refractivity contribution in [2.24, 2.45) is 5.10 Å². The zero-order valence-corrected chi connectivity index (χ0v) is 19.4. The minimum Gasteiger partial charge on any atom is -0.497 e. The third-order valence-electron chi connectivity index (χ3n) is 5.39. The molecule has 0 spiro atoms. The molecule has 2 heterocycles. The molecule has 0 atom stereocenters. The summed E-state index contributed by atoms with van der Waals surface area (Å²) < 4.78 is 6.62. The summed E-state index contributed by atoms with van der Waals surface area (Å²) in [6.07, 6.45) is 3.04. The number of ether oxygens (including phenoxy) is 1. The first-order valence-corrected chi connectivity index (χ1v) is 11.1. The molecule has 0 unspecified atom stereocenters. The fraction of sp³-hybridized carbons (Fsp3) is 0.0385. The molecule has 1 amide bonds. The number of para-hydroxylation sites is 2. The summed E-state index contributed by atoms with van der Waals surface area (Å²) in [5.74, 6) is 0.562. The van der Waals surface area contributed by atoms with Gasteiger partial charge in [0.05, 0.1) is 29.9 Å². The van der Waals surface area contributed by atoms with Gasteiger partial charge in [-0.15, -0.1) is 0 Å². The minimum absolute atomic E-state index is 0.125. The van der Waals surface area contributed by atoms with Crippen LogP contribution in [0.1, 0.15) is 11.4 Å². The maximum atomic E-state index is 13.3. The average Bonchev–Trinajstić information content (AvgIpc) is 3.15. The molecular weight excluding hydrogens is 462 g/mol. The number of benzene rings is 3. The molecule has 1 fully saturated rings. The average molecular weight is 482 g/mol. The molecule has 3 aromatic carbocycles. The molecule has 1 aliphatic heterocycles. The SMILES string of the molecule is COc1ccc(/C=C2/NC(=S)N(/N=C\c3nc4ccccc4c(=O)n3-c3ccccc3)C2=O)cc1. The third kappa shape index (κ3) is 4.32. The number of methoxy groups -OCH3 is 1. The number of carbonyl (C=O) groups is 1. The molecule has 4 aromatic rings. The smallest absolute Gasteiger partial charge is 0.297 e. The Bertz CT molecular complexity index is 1560. The molecule has 1 N–H and O–H groups in total. The summed E-state index contributed by atoms with van der Waals surface area (Å²) in [7, 11) is 1.59. The Morgan fingerprint density at radius 3 is 2.43 bits per heavy atom. The topological polar surface area (TPSA) is 88.8 Å². The summed E-state index contributed by atoms with van der Waals surface area (Å²) >= 11 is 5.33. The van der Waals surface area contributed by atoms with E-state index in [0.717, 1.165) is 10.6 Å². The summed E-state index contributed by atoms with van der Waals surface area (Å²) in [5, 5.41) is 8.85. The molecule has 1 saturated heterocycles. The lowest BCUT2D eigenvalue weighted by atomic mass is 10.2. The molecule has 0 aliphatic carbocycles. The normalized spacial score (nSPS) is 14.8. The number of nitrogens with one attached hydrogen (secondary N) is 1. The maximum Gasteiger partial charge on any atom is 0.297 e. The van der Waals surface area contributed by atoms with Gasteiger partial charge in [0.2, 0.25) is 5.11 Å². The number of hydrogen-bond donors (Lipinski definition) is 1. The Morgan fingerprint density at radius 2 is 1.69 bits per heavy atom. The van der Waals surface area contributed by atoms with Crippen LogP contribution in [0.15, 0.2) is 94.5 Å². The minimum atomic E-state index is -0.420. The van der Waals surface area contributed by atoms with Crippen LogP contribution in [0.2, 0.25) is 0 Å². The van der Waals surface area contributed by atoms with E-state index in [1.54, 1.807) is 55.7 Å². The zero-order chi connectivity index (χ0) is 24.4. The summed E-state index contributed by atoms with van der Waals surface area (Å²) in [5.41, 5.74) is 2.00. The van der Waals surface area contributed by atoms with Crippen molar-refractivity contribution in [3.63, 3.8) is 0 Å². The standard InChI is InChI=1S/C26H19N5O3S/c1-34-19-13-11-17(12-14-19)15-22-25(33)31(26(35)29-22)27-16-23-28-21-10-6-5-9-20(21)24(32)30(23)18-7-3-2-4-8-18/h2-16H,1H3,(H,29,35)/b22-15+,27-16-. The van der Waals surface area contributed by atoms with Crippen molar-refractivity contribution in [2.45, 2.75) is 0 Å². The van der Waals surface area contributed by atoms with Gasteiger partial charge < -0.3 is 10.1 Å². The molecule has 0 saturated carbocycles. The predicted molar refractivity (Wildman–Crippen MR) is 138 cm³/mol. The van der Waals surface area contributed by atoms with Gasteiger partial charge in [0.25, 0.3) is 11.5 Å². The van der Waals surface area contributed by atoms with E-state index in [1.165, 1.54) is 10.8 Å². The van der Waals surface area contributed by atoms with Gasteiger partial charge in [-0.05, 0) is 60.3 Å². The molecule has 172 valence electrons. The number of carbonyl (C=O) groups excluding carboxylic acids is 1. The Balaban J connectivity index is 1.52.